The molecule has 202 valence electrons. The molecule has 2 aromatic carbocycles. The van der Waals surface area contributed by atoms with Crippen LogP contribution in [0.25, 0.3) is 22.0 Å². The minimum absolute atomic E-state index is 0.191. The number of rotatable bonds is 8. The number of carbonyl (C=O) groups excluding carboxylic acids is 2. The van der Waals surface area contributed by atoms with Gasteiger partial charge < -0.3 is 14.4 Å². The van der Waals surface area contributed by atoms with E-state index in [1.807, 2.05) is 83.1 Å². The molecule has 0 fully saturated rings. The van der Waals surface area contributed by atoms with Gasteiger partial charge in [0.25, 0.3) is 0 Å². The van der Waals surface area contributed by atoms with Crippen molar-refractivity contribution in [1.29, 1.82) is 0 Å². The number of allylic oxidation sites excluding steroid dienone is 3. The van der Waals surface area contributed by atoms with E-state index in [-0.39, 0.29) is 28.7 Å². The fourth-order valence-corrected chi connectivity index (χ4v) is 5.76. The van der Waals surface area contributed by atoms with Gasteiger partial charge in [-0.15, -0.1) is 0 Å². The number of Topliss-reactive ketones (excluding diaryl/α,β-unsaturated/α-hetero) is 1. The summed E-state index contributed by atoms with van der Waals surface area (Å²) < 4.78 is 9.82. The molecule has 0 unspecified atom stereocenters. The van der Waals surface area contributed by atoms with Crippen LogP contribution in [0.3, 0.4) is 0 Å². The molecule has 6 nitrogen and oxygen atoms in total. The molecule has 0 amide bonds. The number of hydrogen-bond acceptors (Lipinski definition) is 4. The molecule has 5 rings (SSSR count). The van der Waals surface area contributed by atoms with Crippen molar-refractivity contribution in [3.8, 4) is 0 Å². The topological polar surface area (TPSA) is 74.4 Å². The smallest absolute Gasteiger partial charge is 0.311 e. The lowest BCUT2D eigenvalue weighted by Crippen LogP contribution is -2.31. The number of esters is 1. The summed E-state index contributed by atoms with van der Waals surface area (Å²) in [6.45, 7) is 13.5. The molecule has 6 heteroatoms. The molecule has 3 aromatic rings. The molecule has 39 heavy (non-hydrogen) atoms. The van der Waals surface area contributed by atoms with Gasteiger partial charge in [-0.1, -0.05) is 43.0 Å². The zero-order chi connectivity index (χ0) is 28.1. The number of aromatic nitrogens is 1. The van der Waals surface area contributed by atoms with E-state index in [1.165, 1.54) is 0 Å². The molecule has 2 heterocycles. The predicted octanol–water partition coefficient (Wildman–Crippen LogP) is 5.57. The van der Waals surface area contributed by atoms with Crippen LogP contribution < -0.4 is 5.11 Å². The number of nitrogens with zero attached hydrogens (tertiary/aromatic N) is 2. The first-order valence-corrected chi connectivity index (χ1v) is 13.8. The molecule has 0 saturated heterocycles. The van der Waals surface area contributed by atoms with Crippen molar-refractivity contribution in [3.05, 3.63) is 76.7 Å². The van der Waals surface area contributed by atoms with Crippen molar-refractivity contribution in [2.24, 2.45) is 5.41 Å². The van der Waals surface area contributed by atoms with E-state index in [0.29, 0.717) is 31.6 Å². The summed E-state index contributed by atoms with van der Waals surface area (Å²) in [7, 11) is 0. The first kappa shape index (κ1) is 26.7. The Morgan fingerprint density at radius 3 is 2.38 bits per heavy atom. The van der Waals surface area contributed by atoms with Gasteiger partial charge in [0.2, 0.25) is 5.69 Å². The first-order chi connectivity index (χ1) is 18.6. The number of ketones is 1. The number of hydrogen-bond donors (Lipinski definition) is 0. The summed E-state index contributed by atoms with van der Waals surface area (Å²) in [4.78, 5) is 26.1. The van der Waals surface area contributed by atoms with Crippen LogP contribution in [0.4, 0.5) is 5.69 Å². The molecule has 0 N–H and O–H groups in total. The van der Waals surface area contributed by atoms with Crippen LogP contribution in [0.1, 0.15) is 64.3 Å². The highest BCUT2D eigenvalue weighted by Gasteiger charge is 2.41. The van der Waals surface area contributed by atoms with Crippen molar-refractivity contribution in [2.75, 3.05) is 13.2 Å². The Labute approximate surface area is 229 Å². The molecular formula is C33H36N2O4. The standard InChI is InChI=1S/C33H36N2O4/c1-7-33(5,6)32(38)39-19-13-18-35-21(4)27(23-15-10-12-17-25(23)35)29-30(36)28(31(29)37)26-20(3)34(8-2)24-16-11-9-14-22(24)26/h9-12,14-17H,7-8,13,18-19H2,1-6H3. The van der Waals surface area contributed by atoms with Crippen LogP contribution in [0.15, 0.2) is 59.9 Å². The van der Waals surface area contributed by atoms with Crippen LogP contribution in [0, 0.1) is 12.3 Å². The number of fused-ring (bicyclic) bond motifs is 2. The Kier molecular flexibility index (Phi) is 6.83. The molecule has 0 bridgehead atoms. The van der Waals surface area contributed by atoms with Crippen LogP contribution >= 0.6 is 0 Å². The molecule has 0 spiro atoms. The van der Waals surface area contributed by atoms with Gasteiger partial charge in [0.1, 0.15) is 0 Å². The number of carbonyl (C=O) groups is 2. The lowest BCUT2D eigenvalue weighted by atomic mass is 9.78. The molecular weight excluding hydrogens is 488 g/mol. The Hall–Kier alpha value is -3.93. The van der Waals surface area contributed by atoms with E-state index < -0.39 is 5.41 Å². The summed E-state index contributed by atoms with van der Waals surface area (Å²) in [5.74, 6) is -0.573. The second-order valence-electron chi connectivity index (χ2n) is 11.0. The van der Waals surface area contributed by atoms with E-state index in [0.717, 1.165) is 45.7 Å². The lowest BCUT2D eigenvalue weighted by molar-refractivity contribution is -0.438. The lowest BCUT2D eigenvalue weighted by Gasteiger charge is -2.32. The number of ether oxygens (including phenoxy) is 1. The van der Waals surface area contributed by atoms with E-state index in [9.17, 15) is 14.7 Å². The van der Waals surface area contributed by atoms with Gasteiger partial charge in [-0.25, -0.2) is 0 Å². The SMILES string of the molecule is CCn1c(C)c(C2=C([O-])/C(=C3/C(C)=[N+](CCCOC(=O)C(C)(C)CC)c4ccccc43)C2=O)c2ccccc21. The summed E-state index contributed by atoms with van der Waals surface area (Å²) in [5.41, 5.74) is 6.22. The third-order valence-electron chi connectivity index (χ3n) is 8.38. The quantitative estimate of drug-likeness (QED) is 0.167. The predicted molar refractivity (Wildman–Crippen MR) is 153 cm³/mol. The summed E-state index contributed by atoms with van der Waals surface area (Å²) in [5, 5.41) is 14.7. The zero-order valence-electron chi connectivity index (χ0n) is 23.7. The third-order valence-corrected chi connectivity index (χ3v) is 8.38. The van der Waals surface area contributed by atoms with Gasteiger partial charge >= 0.3 is 5.97 Å². The maximum Gasteiger partial charge on any atom is 0.311 e. The fourth-order valence-electron chi connectivity index (χ4n) is 5.76. The largest absolute Gasteiger partial charge is 0.871 e. The van der Waals surface area contributed by atoms with Gasteiger partial charge in [0.05, 0.1) is 23.2 Å². The molecule has 1 aliphatic carbocycles. The Morgan fingerprint density at radius 2 is 1.69 bits per heavy atom. The maximum absolute atomic E-state index is 13.8. The fraction of sp³-hybridized carbons (Fsp3) is 0.364. The van der Waals surface area contributed by atoms with Crippen molar-refractivity contribution in [2.45, 2.75) is 60.9 Å². The van der Waals surface area contributed by atoms with Crippen LogP contribution in [-0.2, 0) is 20.9 Å². The minimum Gasteiger partial charge on any atom is -0.871 e. The number of benzene rings is 2. The Morgan fingerprint density at radius 1 is 1.00 bits per heavy atom. The van der Waals surface area contributed by atoms with Crippen molar-refractivity contribution in [1.82, 2.24) is 4.57 Å². The normalized spacial score (nSPS) is 17.2. The van der Waals surface area contributed by atoms with E-state index in [2.05, 4.69) is 16.1 Å². The number of para-hydroxylation sites is 2. The van der Waals surface area contributed by atoms with Gasteiger partial charge in [0.15, 0.2) is 18.0 Å². The summed E-state index contributed by atoms with van der Waals surface area (Å²) in [6.07, 6.45) is 1.35. The molecule has 0 atom stereocenters. The molecule has 1 aliphatic heterocycles. The zero-order valence-corrected chi connectivity index (χ0v) is 23.7. The molecule has 1 aromatic heterocycles. The van der Waals surface area contributed by atoms with Crippen molar-refractivity contribution in [3.63, 3.8) is 0 Å². The average Bonchev–Trinajstić information content (AvgIpc) is 3.36. The van der Waals surface area contributed by atoms with Crippen molar-refractivity contribution < 1.29 is 24.0 Å². The molecule has 0 radical (unpaired) electrons. The Bertz CT molecular complexity index is 1610. The van der Waals surface area contributed by atoms with E-state index >= 15 is 0 Å². The van der Waals surface area contributed by atoms with Crippen LogP contribution in [0.2, 0.25) is 0 Å². The summed E-state index contributed by atoms with van der Waals surface area (Å²) in [6, 6.07) is 15.8. The Balaban J connectivity index is 1.52. The number of aryl methyl sites for hydroxylation is 1. The highest BCUT2D eigenvalue weighted by Crippen LogP contribution is 2.46. The first-order valence-electron chi connectivity index (χ1n) is 13.8. The van der Waals surface area contributed by atoms with E-state index in [1.54, 1.807) is 0 Å². The summed E-state index contributed by atoms with van der Waals surface area (Å²) >= 11 is 0. The van der Waals surface area contributed by atoms with Crippen molar-refractivity contribution >= 4 is 45.2 Å². The van der Waals surface area contributed by atoms with Crippen LogP contribution in [-0.4, -0.2) is 39.8 Å². The molecule has 2 aliphatic rings. The van der Waals surface area contributed by atoms with Gasteiger partial charge in [-0.3, -0.25) is 9.59 Å². The molecule has 0 saturated carbocycles. The van der Waals surface area contributed by atoms with Gasteiger partial charge in [-0.05, 0) is 46.2 Å². The monoisotopic (exact) mass is 524 g/mol. The van der Waals surface area contributed by atoms with E-state index in [4.69, 9.17) is 4.74 Å². The highest BCUT2D eigenvalue weighted by molar-refractivity contribution is 6.46. The maximum atomic E-state index is 13.8. The second-order valence-corrected chi connectivity index (χ2v) is 11.0. The highest BCUT2D eigenvalue weighted by atomic mass is 16.5. The minimum atomic E-state index is -0.499. The van der Waals surface area contributed by atoms with Gasteiger partial charge in [0, 0.05) is 59.3 Å². The second kappa shape index (κ2) is 9.99. The van der Waals surface area contributed by atoms with Crippen LogP contribution in [0.5, 0.6) is 0 Å². The average molecular weight is 525 g/mol. The third kappa shape index (κ3) is 4.13. The van der Waals surface area contributed by atoms with Gasteiger partial charge in [-0.2, -0.15) is 4.58 Å².